The monoisotopic (exact) mass is 350 g/mol. The molecule has 0 spiro atoms. The molecule has 7 nitrogen and oxygen atoms in total. The normalized spacial score (nSPS) is 21.7. The van der Waals surface area contributed by atoms with Gasteiger partial charge in [-0.15, -0.1) is 0 Å². The van der Waals surface area contributed by atoms with Crippen LogP contribution in [0.5, 0.6) is 0 Å². The van der Waals surface area contributed by atoms with E-state index < -0.39 is 0 Å². The first kappa shape index (κ1) is 15.6. The van der Waals surface area contributed by atoms with Crippen LogP contribution in [0.2, 0.25) is 0 Å². The lowest BCUT2D eigenvalue weighted by Gasteiger charge is -2.36. The molecule has 3 aliphatic heterocycles. The highest BCUT2D eigenvalue weighted by molar-refractivity contribution is 6.15. The van der Waals surface area contributed by atoms with Crippen LogP contribution in [0.25, 0.3) is 0 Å². The van der Waals surface area contributed by atoms with Gasteiger partial charge in [0.1, 0.15) is 12.4 Å². The maximum Gasteiger partial charge on any atom is 0.244 e. The number of aliphatic imine (C=N–C) groups is 1. The Kier molecular flexibility index (Phi) is 3.56. The van der Waals surface area contributed by atoms with Gasteiger partial charge in [0.25, 0.3) is 0 Å². The average molecular weight is 350 g/mol. The van der Waals surface area contributed by atoms with E-state index in [4.69, 9.17) is 9.52 Å². The zero-order valence-electron chi connectivity index (χ0n) is 15.0. The molecule has 0 amide bonds. The highest BCUT2D eigenvalue weighted by atomic mass is 16.5. The smallest absolute Gasteiger partial charge is 0.244 e. The van der Waals surface area contributed by atoms with Gasteiger partial charge in [-0.2, -0.15) is 4.98 Å². The lowest BCUT2D eigenvalue weighted by molar-refractivity contribution is 0.343. The van der Waals surface area contributed by atoms with Crippen molar-refractivity contribution < 1.29 is 4.52 Å². The van der Waals surface area contributed by atoms with E-state index in [1.54, 1.807) is 0 Å². The van der Waals surface area contributed by atoms with Crippen LogP contribution in [0, 0.1) is 0 Å². The van der Waals surface area contributed by atoms with Crippen molar-refractivity contribution in [3.05, 3.63) is 47.9 Å². The summed E-state index contributed by atoms with van der Waals surface area (Å²) in [5, 5.41) is 7.62. The Labute approximate surface area is 152 Å². The minimum absolute atomic E-state index is 0.169. The standard InChI is InChI=1S/C19H22N6O/c1-12(2)24-10-16-17(18-22-19(26-23-18)13-6-5-9-20-13)21-11-25(16)15-8-4-3-7-14(15)24/h3-4,7-8,10,12-13,20H,5-6,9,11H2,1-2H3. The average Bonchev–Trinajstić information content (AvgIpc) is 3.39. The molecule has 4 heterocycles. The summed E-state index contributed by atoms with van der Waals surface area (Å²) in [6, 6.07) is 8.94. The van der Waals surface area contributed by atoms with E-state index in [0.717, 1.165) is 30.8 Å². The van der Waals surface area contributed by atoms with Gasteiger partial charge in [0.05, 0.1) is 23.1 Å². The summed E-state index contributed by atoms with van der Waals surface area (Å²) in [6.45, 7) is 5.96. The number of nitrogens with one attached hydrogen (secondary N) is 1. The molecule has 1 aromatic carbocycles. The van der Waals surface area contributed by atoms with Gasteiger partial charge in [-0.25, -0.2) is 0 Å². The van der Waals surface area contributed by atoms with Crippen LogP contribution < -0.4 is 15.1 Å². The topological polar surface area (TPSA) is 69.8 Å². The zero-order valence-corrected chi connectivity index (χ0v) is 15.0. The predicted molar refractivity (Wildman–Crippen MR) is 100 cm³/mol. The summed E-state index contributed by atoms with van der Waals surface area (Å²) < 4.78 is 5.52. The minimum Gasteiger partial charge on any atom is -0.342 e. The Bertz CT molecular complexity index is 893. The van der Waals surface area contributed by atoms with Crippen LogP contribution in [-0.2, 0) is 0 Å². The Hall–Kier alpha value is -2.67. The van der Waals surface area contributed by atoms with Gasteiger partial charge in [0.2, 0.25) is 11.7 Å². The van der Waals surface area contributed by atoms with Crippen molar-refractivity contribution >= 4 is 17.1 Å². The molecule has 26 heavy (non-hydrogen) atoms. The quantitative estimate of drug-likeness (QED) is 0.918. The van der Waals surface area contributed by atoms with Gasteiger partial charge < -0.3 is 19.6 Å². The molecule has 5 rings (SSSR count). The van der Waals surface area contributed by atoms with Crippen LogP contribution in [0.1, 0.15) is 44.4 Å². The molecule has 1 atom stereocenters. The molecule has 3 aliphatic rings. The summed E-state index contributed by atoms with van der Waals surface area (Å²) in [6.07, 6.45) is 4.34. The third kappa shape index (κ3) is 2.34. The number of allylic oxidation sites excluding steroid dienone is 1. The van der Waals surface area contributed by atoms with Crippen molar-refractivity contribution in [2.45, 2.75) is 38.8 Å². The summed E-state index contributed by atoms with van der Waals surface area (Å²) in [5.41, 5.74) is 4.20. The highest BCUT2D eigenvalue weighted by Crippen LogP contribution is 2.40. The molecule has 0 aliphatic carbocycles. The van der Waals surface area contributed by atoms with Crippen LogP contribution >= 0.6 is 0 Å². The molecule has 1 saturated heterocycles. The third-order valence-corrected chi connectivity index (χ3v) is 5.18. The van der Waals surface area contributed by atoms with Crippen LogP contribution in [0.15, 0.2) is 45.7 Å². The van der Waals surface area contributed by atoms with E-state index in [-0.39, 0.29) is 6.04 Å². The van der Waals surface area contributed by atoms with Gasteiger partial charge in [-0.1, -0.05) is 17.3 Å². The summed E-state index contributed by atoms with van der Waals surface area (Å²) in [4.78, 5) is 13.9. The molecule has 7 heteroatoms. The molecule has 134 valence electrons. The predicted octanol–water partition coefficient (Wildman–Crippen LogP) is 2.83. The Balaban J connectivity index is 1.51. The molecule has 0 bridgehead atoms. The van der Waals surface area contributed by atoms with Crippen molar-refractivity contribution in [3.63, 3.8) is 0 Å². The summed E-state index contributed by atoms with van der Waals surface area (Å²) in [5.74, 6) is 1.24. The fraction of sp³-hybridized carbons (Fsp3) is 0.421. The number of benzene rings is 1. The first-order valence-electron chi connectivity index (χ1n) is 9.21. The molecule has 2 aromatic rings. The van der Waals surface area contributed by atoms with Gasteiger partial charge >= 0.3 is 0 Å². The molecule has 1 unspecified atom stereocenters. The number of rotatable bonds is 3. The number of aromatic nitrogens is 2. The number of hydrogen-bond acceptors (Lipinski definition) is 7. The summed E-state index contributed by atoms with van der Waals surface area (Å²) >= 11 is 0. The lowest BCUT2D eigenvalue weighted by atomic mass is 10.1. The van der Waals surface area contributed by atoms with Crippen molar-refractivity contribution in [3.8, 4) is 0 Å². The number of nitrogens with zero attached hydrogens (tertiary/aromatic N) is 5. The van der Waals surface area contributed by atoms with Crippen molar-refractivity contribution in [2.24, 2.45) is 4.99 Å². The molecular formula is C19H22N6O. The van der Waals surface area contributed by atoms with E-state index in [2.05, 4.69) is 69.6 Å². The molecular weight excluding hydrogens is 328 g/mol. The molecule has 1 aromatic heterocycles. The third-order valence-electron chi connectivity index (χ3n) is 5.18. The van der Waals surface area contributed by atoms with Crippen molar-refractivity contribution in [1.82, 2.24) is 15.5 Å². The minimum atomic E-state index is 0.169. The second-order valence-corrected chi connectivity index (χ2v) is 7.19. The number of para-hydroxylation sites is 2. The lowest BCUT2D eigenvalue weighted by Crippen LogP contribution is -2.35. The summed E-state index contributed by atoms with van der Waals surface area (Å²) in [7, 11) is 0. The zero-order chi connectivity index (χ0) is 17.7. The molecule has 0 saturated carbocycles. The molecule has 0 radical (unpaired) electrons. The SMILES string of the molecule is CC(C)N1C=C2C(c3noc(C4CCCN4)n3)=NCN2c2ccccc21. The first-order chi connectivity index (χ1) is 12.7. The Morgan fingerprint density at radius 3 is 2.85 bits per heavy atom. The maximum absolute atomic E-state index is 5.52. The maximum atomic E-state index is 5.52. The fourth-order valence-corrected chi connectivity index (χ4v) is 3.86. The van der Waals surface area contributed by atoms with E-state index >= 15 is 0 Å². The van der Waals surface area contributed by atoms with Crippen molar-refractivity contribution in [2.75, 3.05) is 23.0 Å². The van der Waals surface area contributed by atoms with E-state index in [9.17, 15) is 0 Å². The second-order valence-electron chi connectivity index (χ2n) is 7.19. The molecule has 1 fully saturated rings. The number of hydrogen-bond donors (Lipinski definition) is 1. The molecule has 1 N–H and O–H groups in total. The van der Waals surface area contributed by atoms with Crippen molar-refractivity contribution in [1.29, 1.82) is 0 Å². The van der Waals surface area contributed by atoms with Gasteiger partial charge in [-0.3, -0.25) is 4.99 Å². The van der Waals surface area contributed by atoms with Crippen LogP contribution in [-0.4, -0.2) is 35.1 Å². The fourth-order valence-electron chi connectivity index (χ4n) is 3.86. The second kappa shape index (κ2) is 5.95. The Morgan fingerprint density at radius 2 is 2.08 bits per heavy atom. The van der Waals surface area contributed by atoms with Gasteiger partial charge in [-0.05, 0) is 45.4 Å². The van der Waals surface area contributed by atoms with E-state index in [1.807, 2.05) is 0 Å². The largest absolute Gasteiger partial charge is 0.342 e. The Morgan fingerprint density at radius 1 is 1.23 bits per heavy atom. The van der Waals surface area contributed by atoms with E-state index in [1.165, 1.54) is 11.4 Å². The van der Waals surface area contributed by atoms with Gasteiger partial charge in [0, 0.05) is 12.2 Å². The first-order valence-corrected chi connectivity index (χ1v) is 9.21. The highest BCUT2D eigenvalue weighted by Gasteiger charge is 2.34. The number of fused-ring (bicyclic) bond motifs is 3. The van der Waals surface area contributed by atoms with Crippen LogP contribution in [0.3, 0.4) is 0 Å². The number of anilines is 2. The van der Waals surface area contributed by atoms with Gasteiger partial charge in [0.15, 0.2) is 0 Å². The van der Waals surface area contributed by atoms with E-state index in [0.29, 0.717) is 24.4 Å². The van der Waals surface area contributed by atoms with Crippen LogP contribution in [0.4, 0.5) is 11.4 Å².